The number of benzene rings is 1. The number of fused-ring (bicyclic) bond motifs is 3. The Morgan fingerprint density at radius 2 is 2.00 bits per heavy atom. The minimum Gasteiger partial charge on any atom is -0.463 e. The molecule has 0 aromatic heterocycles. The maximum Gasteiger partial charge on any atom is 0.342 e. The third kappa shape index (κ3) is 2.69. The van der Waals surface area contributed by atoms with E-state index in [1.165, 1.54) is 0 Å². The Labute approximate surface area is 156 Å². The fraction of sp³-hybridized carbons (Fsp3) is 0.294. The molecule has 3 rings (SSSR count). The molecule has 5 nitrogen and oxygen atoms in total. The van der Waals surface area contributed by atoms with Crippen molar-refractivity contribution in [1.29, 1.82) is 0 Å². The maximum absolute atomic E-state index is 12.5. The SMILES string of the molecule is CCOC(=O)C1=C(C)NC(C)=C2C(=O)Oc3c(Br)cc(Br)cc3[C@H]12. The molecule has 2 aliphatic rings. The Hall–Kier alpha value is -1.60. The van der Waals surface area contributed by atoms with Gasteiger partial charge in [0.1, 0.15) is 5.75 Å². The molecule has 7 heteroatoms. The van der Waals surface area contributed by atoms with Crippen LogP contribution in [0.25, 0.3) is 0 Å². The van der Waals surface area contributed by atoms with E-state index in [0.717, 1.165) is 10.0 Å². The predicted octanol–water partition coefficient (Wildman–Crippen LogP) is 3.93. The van der Waals surface area contributed by atoms with E-state index in [1.807, 2.05) is 6.07 Å². The number of nitrogens with one attached hydrogen (secondary N) is 1. The fourth-order valence-corrected chi connectivity index (χ4v) is 4.44. The van der Waals surface area contributed by atoms with Crippen molar-refractivity contribution in [2.75, 3.05) is 6.61 Å². The van der Waals surface area contributed by atoms with Crippen molar-refractivity contribution < 1.29 is 19.1 Å². The number of carbonyl (C=O) groups is 2. The van der Waals surface area contributed by atoms with Crippen LogP contribution in [0, 0.1) is 0 Å². The smallest absolute Gasteiger partial charge is 0.342 e. The molecule has 2 aliphatic heterocycles. The summed E-state index contributed by atoms with van der Waals surface area (Å²) in [5.74, 6) is -0.985. The van der Waals surface area contributed by atoms with E-state index in [0.29, 0.717) is 32.8 Å². The molecule has 0 unspecified atom stereocenters. The summed E-state index contributed by atoms with van der Waals surface area (Å²) in [6.07, 6.45) is 0. The van der Waals surface area contributed by atoms with Gasteiger partial charge in [0.2, 0.25) is 0 Å². The maximum atomic E-state index is 12.5. The summed E-state index contributed by atoms with van der Waals surface area (Å²) in [4.78, 5) is 25.1. The topological polar surface area (TPSA) is 64.6 Å². The largest absolute Gasteiger partial charge is 0.463 e. The van der Waals surface area contributed by atoms with Gasteiger partial charge in [0, 0.05) is 21.4 Å². The first-order valence-corrected chi connectivity index (χ1v) is 9.00. The van der Waals surface area contributed by atoms with Crippen molar-refractivity contribution in [2.45, 2.75) is 26.7 Å². The zero-order valence-corrected chi connectivity index (χ0v) is 16.5. The molecule has 24 heavy (non-hydrogen) atoms. The number of ether oxygens (including phenoxy) is 2. The number of halogens is 2. The number of allylic oxidation sites excluding steroid dienone is 2. The van der Waals surface area contributed by atoms with Crippen LogP contribution >= 0.6 is 31.9 Å². The summed E-state index contributed by atoms with van der Waals surface area (Å²) < 4.78 is 12.2. The van der Waals surface area contributed by atoms with Gasteiger partial charge in [0.25, 0.3) is 0 Å². The predicted molar refractivity (Wildman–Crippen MR) is 95.4 cm³/mol. The van der Waals surface area contributed by atoms with Crippen LogP contribution in [-0.4, -0.2) is 18.5 Å². The monoisotopic (exact) mass is 455 g/mol. The second-order valence-corrected chi connectivity index (χ2v) is 7.32. The average molecular weight is 457 g/mol. The van der Waals surface area contributed by atoms with Crippen LogP contribution in [-0.2, 0) is 14.3 Å². The average Bonchev–Trinajstić information content (AvgIpc) is 2.48. The number of carbonyl (C=O) groups excluding carboxylic acids is 2. The number of dihydropyridines is 1. The van der Waals surface area contributed by atoms with Gasteiger partial charge in [-0.1, -0.05) is 15.9 Å². The van der Waals surface area contributed by atoms with E-state index in [9.17, 15) is 9.59 Å². The van der Waals surface area contributed by atoms with Gasteiger partial charge in [-0.15, -0.1) is 0 Å². The molecule has 1 atom stereocenters. The molecule has 0 fully saturated rings. The van der Waals surface area contributed by atoms with E-state index in [2.05, 4.69) is 37.2 Å². The summed E-state index contributed by atoms with van der Waals surface area (Å²) in [6.45, 7) is 5.62. The molecule has 126 valence electrons. The normalized spacial score (nSPS) is 19.4. The molecule has 2 heterocycles. The van der Waals surface area contributed by atoms with Crippen molar-refractivity contribution in [2.24, 2.45) is 0 Å². The van der Waals surface area contributed by atoms with Crippen LogP contribution in [0.1, 0.15) is 32.3 Å². The number of esters is 2. The van der Waals surface area contributed by atoms with Crippen molar-refractivity contribution in [3.8, 4) is 5.75 Å². The summed E-state index contributed by atoms with van der Waals surface area (Å²) in [7, 11) is 0. The minimum atomic E-state index is -0.518. The second kappa shape index (κ2) is 6.37. The third-order valence-corrected chi connectivity index (χ3v) is 5.07. The molecule has 1 aromatic rings. The number of hydrogen-bond acceptors (Lipinski definition) is 5. The van der Waals surface area contributed by atoms with Gasteiger partial charge in [-0.2, -0.15) is 0 Å². The zero-order chi connectivity index (χ0) is 17.6. The molecule has 0 spiro atoms. The lowest BCUT2D eigenvalue weighted by molar-refractivity contribution is -0.139. The lowest BCUT2D eigenvalue weighted by Gasteiger charge is -2.34. The van der Waals surface area contributed by atoms with Crippen molar-refractivity contribution in [3.05, 3.63) is 49.2 Å². The first-order valence-electron chi connectivity index (χ1n) is 7.42. The summed E-state index contributed by atoms with van der Waals surface area (Å²) in [5, 5.41) is 3.09. The number of rotatable bonds is 2. The van der Waals surface area contributed by atoms with Crippen LogP contribution in [0.5, 0.6) is 5.75 Å². The molecular formula is C17H15Br2NO4. The molecule has 0 saturated carbocycles. The van der Waals surface area contributed by atoms with Crippen LogP contribution in [0.15, 0.2) is 43.6 Å². The van der Waals surface area contributed by atoms with Crippen LogP contribution in [0.4, 0.5) is 0 Å². The standard InChI is InChI=1S/C17H15Br2NO4/c1-4-23-16(21)12-7(2)20-8(3)13-14(12)10-5-9(18)6-11(19)15(10)24-17(13)22/h5-6,14,20H,4H2,1-3H3/t14-/m1/s1. The van der Waals surface area contributed by atoms with Crippen molar-refractivity contribution in [3.63, 3.8) is 0 Å². The van der Waals surface area contributed by atoms with Gasteiger partial charge in [-0.05, 0) is 48.8 Å². The number of hydrogen-bond donors (Lipinski definition) is 1. The molecule has 0 radical (unpaired) electrons. The molecule has 0 amide bonds. The molecule has 0 aliphatic carbocycles. The van der Waals surface area contributed by atoms with E-state index in [1.54, 1.807) is 26.8 Å². The van der Waals surface area contributed by atoms with E-state index in [-0.39, 0.29) is 6.61 Å². The molecule has 1 aromatic carbocycles. The minimum absolute atomic E-state index is 0.264. The van der Waals surface area contributed by atoms with Gasteiger partial charge in [-0.25, -0.2) is 9.59 Å². The van der Waals surface area contributed by atoms with Crippen molar-refractivity contribution in [1.82, 2.24) is 5.32 Å². The van der Waals surface area contributed by atoms with Crippen molar-refractivity contribution >= 4 is 43.8 Å². The Kier molecular flexibility index (Phi) is 4.57. The van der Waals surface area contributed by atoms with E-state index >= 15 is 0 Å². The van der Waals surface area contributed by atoms with Gasteiger partial charge < -0.3 is 14.8 Å². The first kappa shape index (κ1) is 17.2. The highest BCUT2D eigenvalue weighted by Gasteiger charge is 2.43. The fourth-order valence-electron chi connectivity index (χ4n) is 3.11. The molecule has 0 bridgehead atoms. The highest BCUT2D eigenvalue weighted by atomic mass is 79.9. The van der Waals surface area contributed by atoms with Crippen LogP contribution in [0.2, 0.25) is 0 Å². The first-order chi connectivity index (χ1) is 11.3. The second-order valence-electron chi connectivity index (χ2n) is 5.55. The third-order valence-electron chi connectivity index (χ3n) is 4.02. The van der Waals surface area contributed by atoms with Gasteiger partial charge in [-0.3, -0.25) is 0 Å². The van der Waals surface area contributed by atoms with Gasteiger partial charge in [0.15, 0.2) is 0 Å². The van der Waals surface area contributed by atoms with Crippen LogP contribution in [0.3, 0.4) is 0 Å². The van der Waals surface area contributed by atoms with E-state index in [4.69, 9.17) is 9.47 Å². The van der Waals surface area contributed by atoms with Gasteiger partial charge in [0.05, 0.1) is 28.1 Å². The van der Waals surface area contributed by atoms with E-state index < -0.39 is 17.9 Å². The summed E-state index contributed by atoms with van der Waals surface area (Å²) in [6, 6.07) is 3.66. The summed E-state index contributed by atoms with van der Waals surface area (Å²) >= 11 is 6.88. The Morgan fingerprint density at radius 1 is 1.29 bits per heavy atom. The Bertz CT molecular complexity index is 826. The zero-order valence-electron chi connectivity index (χ0n) is 13.3. The Balaban J connectivity index is 2.27. The molecule has 0 saturated heterocycles. The lowest BCUT2D eigenvalue weighted by atomic mass is 9.79. The lowest BCUT2D eigenvalue weighted by Crippen LogP contribution is -2.36. The Morgan fingerprint density at radius 3 is 2.67 bits per heavy atom. The van der Waals surface area contributed by atoms with Gasteiger partial charge >= 0.3 is 11.9 Å². The molecular weight excluding hydrogens is 442 g/mol. The molecule has 1 N–H and O–H groups in total. The highest BCUT2D eigenvalue weighted by Crippen LogP contribution is 2.49. The quantitative estimate of drug-likeness (QED) is 0.539. The highest BCUT2D eigenvalue weighted by molar-refractivity contribution is 9.11. The summed E-state index contributed by atoms with van der Waals surface area (Å²) in [5.41, 5.74) is 2.96. The van der Waals surface area contributed by atoms with Crippen LogP contribution < -0.4 is 10.1 Å².